The maximum Gasteiger partial charge on any atom is 0.408 e. The van der Waals surface area contributed by atoms with Crippen molar-refractivity contribution in [3.05, 3.63) is 0 Å². The Bertz CT molecular complexity index is 428. The van der Waals surface area contributed by atoms with Crippen molar-refractivity contribution in [2.45, 2.75) is 76.5 Å². The fraction of sp³-hybridized carbons (Fsp3) is 0.867. The van der Waals surface area contributed by atoms with E-state index in [0.29, 0.717) is 12.8 Å². The van der Waals surface area contributed by atoms with E-state index in [0.717, 1.165) is 12.8 Å². The maximum atomic E-state index is 12.1. The lowest BCUT2D eigenvalue weighted by atomic mass is 9.55. The molecule has 0 heterocycles. The number of hydrogen-bond acceptors (Lipinski definition) is 4. The Morgan fingerprint density at radius 3 is 2.10 bits per heavy atom. The molecule has 2 saturated carbocycles. The van der Waals surface area contributed by atoms with E-state index < -0.39 is 34.7 Å². The number of nitrogens with one attached hydrogen (secondary N) is 1. The summed E-state index contributed by atoms with van der Waals surface area (Å²) in [6.45, 7) is 5.32. The molecule has 0 aromatic carbocycles. The number of aliphatic hydroxyl groups excluding tert-OH is 1. The quantitative estimate of drug-likeness (QED) is 0.741. The first-order chi connectivity index (χ1) is 9.60. The third kappa shape index (κ3) is 2.86. The number of ether oxygens (including phenoxy) is 1. The van der Waals surface area contributed by atoms with Gasteiger partial charge >= 0.3 is 12.1 Å². The Hall–Kier alpha value is -1.30. The number of rotatable bonds is 3. The molecule has 2 aliphatic carbocycles. The molecule has 21 heavy (non-hydrogen) atoms. The molecule has 0 aromatic rings. The number of alkyl carbamates (subject to hydrolysis) is 1. The number of aliphatic hydroxyl groups is 1. The van der Waals surface area contributed by atoms with Crippen molar-refractivity contribution in [1.29, 1.82) is 0 Å². The van der Waals surface area contributed by atoms with Crippen LogP contribution in [-0.4, -0.2) is 39.5 Å². The SMILES string of the molecule is CC(C)(C)OC(=O)NC1(C2(C(=O)O)CC(O)C2)CCCC1. The van der Waals surface area contributed by atoms with Gasteiger partial charge in [0.05, 0.1) is 17.1 Å². The predicted octanol–water partition coefficient (Wildman–Crippen LogP) is 2.05. The summed E-state index contributed by atoms with van der Waals surface area (Å²) >= 11 is 0. The van der Waals surface area contributed by atoms with Crippen LogP contribution in [-0.2, 0) is 9.53 Å². The molecule has 0 radical (unpaired) electrons. The average Bonchev–Trinajstić information content (AvgIpc) is 2.70. The molecule has 0 aromatic heterocycles. The summed E-state index contributed by atoms with van der Waals surface area (Å²) in [4.78, 5) is 23.9. The number of carbonyl (C=O) groups is 2. The zero-order valence-electron chi connectivity index (χ0n) is 12.9. The highest BCUT2D eigenvalue weighted by atomic mass is 16.6. The van der Waals surface area contributed by atoms with Gasteiger partial charge in [0.1, 0.15) is 5.60 Å². The summed E-state index contributed by atoms with van der Waals surface area (Å²) < 4.78 is 5.29. The van der Waals surface area contributed by atoms with Gasteiger partial charge in [-0.1, -0.05) is 12.8 Å². The molecule has 6 nitrogen and oxygen atoms in total. The Morgan fingerprint density at radius 2 is 1.71 bits per heavy atom. The molecule has 2 aliphatic rings. The second-order valence-corrected chi connectivity index (χ2v) is 7.37. The molecule has 0 aliphatic heterocycles. The van der Waals surface area contributed by atoms with Crippen molar-refractivity contribution in [2.75, 3.05) is 0 Å². The summed E-state index contributed by atoms with van der Waals surface area (Å²) in [6, 6.07) is 0. The van der Waals surface area contributed by atoms with Crippen LogP contribution in [0.15, 0.2) is 0 Å². The van der Waals surface area contributed by atoms with Crippen molar-refractivity contribution in [3.8, 4) is 0 Å². The molecule has 2 fully saturated rings. The smallest absolute Gasteiger partial charge is 0.408 e. The molecule has 120 valence electrons. The second kappa shape index (κ2) is 5.16. The number of hydrogen-bond donors (Lipinski definition) is 3. The first-order valence-electron chi connectivity index (χ1n) is 7.53. The van der Waals surface area contributed by atoms with Crippen LogP contribution in [0.25, 0.3) is 0 Å². The zero-order valence-corrected chi connectivity index (χ0v) is 12.9. The number of aliphatic carboxylic acids is 1. The lowest BCUT2D eigenvalue weighted by Gasteiger charge is -2.53. The molecule has 0 spiro atoms. The summed E-state index contributed by atoms with van der Waals surface area (Å²) in [5, 5.41) is 22.1. The van der Waals surface area contributed by atoms with Gasteiger partial charge in [0, 0.05) is 0 Å². The van der Waals surface area contributed by atoms with Crippen molar-refractivity contribution in [3.63, 3.8) is 0 Å². The summed E-state index contributed by atoms with van der Waals surface area (Å²) in [7, 11) is 0. The maximum absolute atomic E-state index is 12.1. The first-order valence-corrected chi connectivity index (χ1v) is 7.53. The van der Waals surface area contributed by atoms with Crippen molar-refractivity contribution < 1.29 is 24.5 Å². The number of carboxylic acids is 1. The van der Waals surface area contributed by atoms with Crippen LogP contribution in [0.3, 0.4) is 0 Å². The normalized spacial score (nSPS) is 31.3. The fourth-order valence-electron chi connectivity index (χ4n) is 3.72. The third-order valence-corrected chi connectivity index (χ3v) is 4.69. The van der Waals surface area contributed by atoms with E-state index >= 15 is 0 Å². The molecule has 1 amide bonds. The molecular formula is C15H25NO5. The Kier molecular flexibility index (Phi) is 3.95. The average molecular weight is 299 g/mol. The summed E-state index contributed by atoms with van der Waals surface area (Å²) in [5.74, 6) is -0.939. The van der Waals surface area contributed by atoms with Gasteiger partial charge in [-0.3, -0.25) is 4.79 Å². The van der Waals surface area contributed by atoms with Crippen molar-refractivity contribution in [1.82, 2.24) is 5.32 Å². The number of carboxylic acid groups (broad SMARTS) is 1. The van der Waals surface area contributed by atoms with Gasteiger partial charge in [-0.15, -0.1) is 0 Å². The fourth-order valence-corrected chi connectivity index (χ4v) is 3.72. The number of carbonyl (C=O) groups excluding carboxylic acids is 1. The molecule has 0 bridgehead atoms. The molecule has 0 saturated heterocycles. The summed E-state index contributed by atoms with van der Waals surface area (Å²) in [6.07, 6.45) is 2.19. The van der Waals surface area contributed by atoms with E-state index in [-0.39, 0.29) is 12.8 Å². The van der Waals surface area contributed by atoms with Crippen molar-refractivity contribution in [2.24, 2.45) is 5.41 Å². The van der Waals surface area contributed by atoms with Gasteiger partial charge in [0.2, 0.25) is 0 Å². The molecule has 3 N–H and O–H groups in total. The molecule has 0 unspecified atom stereocenters. The van der Waals surface area contributed by atoms with E-state index in [2.05, 4.69) is 5.32 Å². The van der Waals surface area contributed by atoms with Crippen LogP contribution < -0.4 is 5.32 Å². The minimum atomic E-state index is -1.07. The lowest BCUT2D eigenvalue weighted by Crippen LogP contribution is -2.68. The summed E-state index contributed by atoms with van der Waals surface area (Å²) in [5.41, 5.74) is -2.50. The standard InChI is InChI=1S/C15H25NO5/c1-13(2,3)21-12(20)16-15(6-4-5-7-15)14(11(18)19)8-10(17)9-14/h10,17H,4-9H2,1-3H3,(H,16,20)(H,18,19). The van der Waals surface area contributed by atoms with Gasteiger partial charge in [0.25, 0.3) is 0 Å². The van der Waals surface area contributed by atoms with Gasteiger partial charge < -0.3 is 20.3 Å². The number of amides is 1. The Labute approximate surface area is 124 Å². The van der Waals surface area contributed by atoms with E-state index in [4.69, 9.17) is 4.74 Å². The van der Waals surface area contributed by atoms with Crippen LogP contribution in [0.2, 0.25) is 0 Å². The van der Waals surface area contributed by atoms with E-state index in [9.17, 15) is 19.8 Å². The van der Waals surface area contributed by atoms with Gasteiger partial charge in [-0.2, -0.15) is 0 Å². The minimum Gasteiger partial charge on any atom is -0.481 e. The predicted molar refractivity (Wildman–Crippen MR) is 75.9 cm³/mol. The molecule has 6 heteroatoms. The van der Waals surface area contributed by atoms with Crippen LogP contribution in [0.5, 0.6) is 0 Å². The van der Waals surface area contributed by atoms with E-state index in [1.165, 1.54) is 0 Å². The van der Waals surface area contributed by atoms with Crippen LogP contribution in [0, 0.1) is 5.41 Å². The Morgan fingerprint density at radius 1 is 1.19 bits per heavy atom. The lowest BCUT2D eigenvalue weighted by molar-refractivity contribution is -0.175. The second-order valence-electron chi connectivity index (χ2n) is 7.37. The van der Waals surface area contributed by atoms with Crippen molar-refractivity contribution >= 4 is 12.1 Å². The molecular weight excluding hydrogens is 274 g/mol. The van der Waals surface area contributed by atoms with E-state index in [1.807, 2.05) is 0 Å². The highest BCUT2D eigenvalue weighted by Crippen LogP contribution is 2.55. The minimum absolute atomic E-state index is 0.193. The van der Waals surface area contributed by atoms with Gasteiger partial charge in [-0.05, 0) is 46.5 Å². The first kappa shape index (κ1) is 16.1. The highest BCUT2D eigenvalue weighted by Gasteiger charge is 2.64. The largest absolute Gasteiger partial charge is 0.481 e. The third-order valence-electron chi connectivity index (χ3n) is 4.69. The van der Waals surface area contributed by atoms with Crippen LogP contribution in [0.1, 0.15) is 59.3 Å². The highest BCUT2D eigenvalue weighted by molar-refractivity contribution is 5.80. The van der Waals surface area contributed by atoms with Crippen LogP contribution in [0.4, 0.5) is 4.79 Å². The molecule has 2 rings (SSSR count). The Balaban J connectivity index is 2.21. The van der Waals surface area contributed by atoms with Crippen LogP contribution >= 0.6 is 0 Å². The monoisotopic (exact) mass is 299 g/mol. The zero-order chi connectivity index (χ0) is 15.9. The molecule has 0 atom stereocenters. The topological polar surface area (TPSA) is 95.9 Å². The van der Waals surface area contributed by atoms with Gasteiger partial charge in [0.15, 0.2) is 0 Å². The van der Waals surface area contributed by atoms with Gasteiger partial charge in [-0.25, -0.2) is 4.79 Å². The van der Waals surface area contributed by atoms with E-state index in [1.54, 1.807) is 20.8 Å².